The number of halogens is 1. The van der Waals surface area contributed by atoms with Crippen molar-refractivity contribution < 1.29 is 0 Å². The first-order valence-electron chi connectivity index (χ1n) is 6.82. The highest BCUT2D eigenvalue weighted by Crippen LogP contribution is 2.24. The Bertz CT molecular complexity index is 543. The Hall–Kier alpha value is -1.58. The standard InChI is InChI=1S/C16H20ClN3/c1-3-20(12-14-6-4-5-9-19-14)15-8-7-13(11-18-2)16(17)10-15/h4-10,18H,3,11-12H2,1-2H3. The van der Waals surface area contributed by atoms with Crippen molar-refractivity contribution in [2.75, 3.05) is 18.5 Å². The summed E-state index contributed by atoms with van der Waals surface area (Å²) < 4.78 is 0. The number of benzene rings is 1. The van der Waals surface area contributed by atoms with Gasteiger partial charge >= 0.3 is 0 Å². The third-order valence-electron chi connectivity index (χ3n) is 3.23. The van der Waals surface area contributed by atoms with Crippen LogP contribution in [0.4, 0.5) is 5.69 Å². The van der Waals surface area contributed by atoms with E-state index in [0.717, 1.165) is 41.6 Å². The second kappa shape index (κ2) is 7.27. The number of anilines is 1. The van der Waals surface area contributed by atoms with Gasteiger partial charge in [-0.2, -0.15) is 0 Å². The molecular weight excluding hydrogens is 270 g/mol. The van der Waals surface area contributed by atoms with Crippen LogP contribution in [0.1, 0.15) is 18.2 Å². The average molecular weight is 290 g/mol. The zero-order valence-corrected chi connectivity index (χ0v) is 12.7. The maximum absolute atomic E-state index is 6.33. The predicted molar refractivity (Wildman–Crippen MR) is 85.2 cm³/mol. The van der Waals surface area contributed by atoms with Gasteiger partial charge in [0.25, 0.3) is 0 Å². The van der Waals surface area contributed by atoms with Crippen LogP contribution in [0.25, 0.3) is 0 Å². The minimum absolute atomic E-state index is 0.783. The molecule has 2 aromatic rings. The second-order valence-electron chi connectivity index (χ2n) is 4.64. The van der Waals surface area contributed by atoms with E-state index in [4.69, 9.17) is 11.6 Å². The lowest BCUT2D eigenvalue weighted by molar-refractivity contribution is 0.803. The minimum atomic E-state index is 0.783. The molecule has 0 saturated carbocycles. The topological polar surface area (TPSA) is 28.2 Å². The van der Waals surface area contributed by atoms with Crippen molar-refractivity contribution >= 4 is 17.3 Å². The van der Waals surface area contributed by atoms with Crippen molar-refractivity contribution in [2.24, 2.45) is 0 Å². The first-order valence-corrected chi connectivity index (χ1v) is 7.20. The number of pyridine rings is 1. The second-order valence-corrected chi connectivity index (χ2v) is 5.05. The molecule has 4 heteroatoms. The summed E-state index contributed by atoms with van der Waals surface area (Å²) in [5, 5.41) is 3.92. The lowest BCUT2D eigenvalue weighted by atomic mass is 10.2. The molecule has 0 aliphatic heterocycles. The molecule has 0 atom stereocenters. The van der Waals surface area contributed by atoms with Crippen molar-refractivity contribution in [1.29, 1.82) is 0 Å². The average Bonchev–Trinajstić information content (AvgIpc) is 2.48. The Morgan fingerprint density at radius 3 is 2.70 bits per heavy atom. The largest absolute Gasteiger partial charge is 0.366 e. The summed E-state index contributed by atoms with van der Waals surface area (Å²) in [6.07, 6.45) is 1.83. The van der Waals surface area contributed by atoms with E-state index in [0.29, 0.717) is 0 Å². The van der Waals surface area contributed by atoms with Gasteiger partial charge in [0.2, 0.25) is 0 Å². The van der Waals surface area contributed by atoms with Gasteiger partial charge in [-0.3, -0.25) is 4.98 Å². The summed E-state index contributed by atoms with van der Waals surface area (Å²) in [5.74, 6) is 0. The number of aromatic nitrogens is 1. The number of hydrogen-bond donors (Lipinski definition) is 1. The minimum Gasteiger partial charge on any atom is -0.366 e. The van der Waals surface area contributed by atoms with E-state index < -0.39 is 0 Å². The quantitative estimate of drug-likeness (QED) is 0.882. The van der Waals surface area contributed by atoms with E-state index in [1.54, 1.807) is 0 Å². The Balaban J connectivity index is 2.17. The third-order valence-corrected chi connectivity index (χ3v) is 3.58. The normalized spacial score (nSPS) is 10.6. The van der Waals surface area contributed by atoms with Gasteiger partial charge in [-0.15, -0.1) is 0 Å². The predicted octanol–water partition coefficient (Wildman–Crippen LogP) is 3.48. The maximum atomic E-state index is 6.33. The molecule has 0 spiro atoms. The number of nitrogens with zero attached hydrogens (tertiary/aromatic N) is 2. The van der Waals surface area contributed by atoms with Gasteiger partial charge < -0.3 is 10.2 Å². The molecule has 1 heterocycles. The van der Waals surface area contributed by atoms with E-state index in [2.05, 4.69) is 34.3 Å². The van der Waals surface area contributed by atoms with Gasteiger partial charge in [-0.05, 0) is 43.8 Å². The Morgan fingerprint density at radius 2 is 2.10 bits per heavy atom. The molecule has 0 amide bonds. The van der Waals surface area contributed by atoms with Crippen LogP contribution in [0.3, 0.4) is 0 Å². The number of nitrogens with one attached hydrogen (secondary N) is 1. The van der Waals surface area contributed by atoms with Gasteiger partial charge in [0, 0.05) is 30.0 Å². The molecule has 1 N–H and O–H groups in total. The number of rotatable bonds is 6. The highest BCUT2D eigenvalue weighted by molar-refractivity contribution is 6.31. The fourth-order valence-electron chi connectivity index (χ4n) is 2.14. The van der Waals surface area contributed by atoms with Gasteiger partial charge in [0.05, 0.1) is 12.2 Å². The summed E-state index contributed by atoms with van der Waals surface area (Å²) in [5.41, 5.74) is 3.31. The molecule has 20 heavy (non-hydrogen) atoms. The summed E-state index contributed by atoms with van der Waals surface area (Å²) in [6, 6.07) is 12.2. The van der Waals surface area contributed by atoms with Crippen LogP contribution in [-0.4, -0.2) is 18.6 Å². The molecule has 0 bridgehead atoms. The van der Waals surface area contributed by atoms with Crippen LogP contribution in [0, 0.1) is 0 Å². The monoisotopic (exact) mass is 289 g/mol. The molecular formula is C16H20ClN3. The van der Waals surface area contributed by atoms with Crippen molar-refractivity contribution in [2.45, 2.75) is 20.0 Å². The van der Waals surface area contributed by atoms with E-state index in [1.807, 2.05) is 37.5 Å². The summed E-state index contributed by atoms with van der Waals surface area (Å²) in [7, 11) is 1.92. The van der Waals surface area contributed by atoms with Crippen LogP contribution in [-0.2, 0) is 13.1 Å². The first kappa shape index (κ1) is 14.8. The summed E-state index contributed by atoms with van der Waals surface area (Å²) >= 11 is 6.33. The van der Waals surface area contributed by atoms with Crippen LogP contribution >= 0.6 is 11.6 Å². The first-order chi connectivity index (χ1) is 9.74. The molecule has 0 saturated heterocycles. The van der Waals surface area contributed by atoms with E-state index in [-0.39, 0.29) is 0 Å². The highest BCUT2D eigenvalue weighted by Gasteiger charge is 2.08. The summed E-state index contributed by atoms with van der Waals surface area (Å²) in [6.45, 7) is 4.63. The molecule has 3 nitrogen and oxygen atoms in total. The molecule has 0 unspecified atom stereocenters. The molecule has 1 aromatic heterocycles. The molecule has 106 valence electrons. The smallest absolute Gasteiger partial charge is 0.0601 e. The van der Waals surface area contributed by atoms with Crippen molar-refractivity contribution in [3.8, 4) is 0 Å². The SMILES string of the molecule is CCN(Cc1ccccn1)c1ccc(CNC)c(Cl)c1. The third kappa shape index (κ3) is 3.71. The van der Waals surface area contributed by atoms with Crippen LogP contribution in [0.5, 0.6) is 0 Å². The molecule has 0 aliphatic carbocycles. The Labute approximate surface area is 125 Å². The van der Waals surface area contributed by atoms with Crippen LogP contribution in [0.2, 0.25) is 5.02 Å². The van der Waals surface area contributed by atoms with E-state index in [1.165, 1.54) is 0 Å². The van der Waals surface area contributed by atoms with Crippen LogP contribution in [0.15, 0.2) is 42.6 Å². The van der Waals surface area contributed by atoms with Crippen molar-refractivity contribution in [3.05, 3.63) is 58.9 Å². The van der Waals surface area contributed by atoms with Crippen molar-refractivity contribution in [3.63, 3.8) is 0 Å². The molecule has 0 fully saturated rings. The Morgan fingerprint density at radius 1 is 1.25 bits per heavy atom. The Kier molecular flexibility index (Phi) is 5.39. The lowest BCUT2D eigenvalue weighted by Gasteiger charge is -2.23. The fraction of sp³-hybridized carbons (Fsp3) is 0.312. The van der Waals surface area contributed by atoms with Gasteiger partial charge in [-0.25, -0.2) is 0 Å². The zero-order valence-electron chi connectivity index (χ0n) is 11.9. The molecule has 1 aromatic carbocycles. The van der Waals surface area contributed by atoms with E-state index in [9.17, 15) is 0 Å². The maximum Gasteiger partial charge on any atom is 0.0601 e. The van der Waals surface area contributed by atoms with Crippen LogP contribution < -0.4 is 10.2 Å². The molecule has 2 rings (SSSR count). The van der Waals surface area contributed by atoms with Gasteiger partial charge in [0.15, 0.2) is 0 Å². The highest BCUT2D eigenvalue weighted by atomic mass is 35.5. The lowest BCUT2D eigenvalue weighted by Crippen LogP contribution is -2.22. The van der Waals surface area contributed by atoms with Gasteiger partial charge in [0.1, 0.15) is 0 Å². The molecule has 0 aliphatic rings. The number of hydrogen-bond acceptors (Lipinski definition) is 3. The summed E-state index contributed by atoms with van der Waals surface area (Å²) in [4.78, 5) is 6.64. The fourth-order valence-corrected chi connectivity index (χ4v) is 2.38. The zero-order chi connectivity index (χ0) is 14.4. The van der Waals surface area contributed by atoms with E-state index >= 15 is 0 Å². The van der Waals surface area contributed by atoms with Gasteiger partial charge in [-0.1, -0.05) is 23.7 Å². The molecule has 0 radical (unpaired) electrons. The van der Waals surface area contributed by atoms with Crippen molar-refractivity contribution in [1.82, 2.24) is 10.3 Å².